The minimum Gasteiger partial charge on any atom is -0.507 e. The monoisotopic (exact) mass is 502 g/mol. The Morgan fingerprint density at radius 3 is 2.34 bits per heavy atom. The molecule has 186 valence electrons. The molecule has 2 aliphatic rings. The van der Waals surface area contributed by atoms with Crippen molar-refractivity contribution in [2.45, 2.75) is 30.2 Å². The van der Waals surface area contributed by atoms with Crippen LogP contribution in [0.25, 0.3) is 5.76 Å². The minimum absolute atomic E-state index is 0.0177. The molecule has 0 radical (unpaired) electrons. The Bertz CT molecular complexity index is 1250. The van der Waals surface area contributed by atoms with E-state index in [1.165, 1.54) is 58.8 Å². The van der Waals surface area contributed by atoms with Gasteiger partial charge in [-0.3, -0.25) is 9.59 Å². The van der Waals surface area contributed by atoms with Gasteiger partial charge in [0.05, 0.1) is 23.1 Å². The molecule has 2 aromatic carbocycles. The number of aliphatic hydroxyl groups is 1. The lowest BCUT2D eigenvalue weighted by Gasteiger charge is -2.26. The number of hydrogen-bond donors (Lipinski definition) is 1. The predicted molar refractivity (Wildman–Crippen MR) is 126 cm³/mol. The molecular weight excluding hydrogens is 475 g/mol. The first-order valence-corrected chi connectivity index (χ1v) is 12.8. The average Bonchev–Trinajstić information content (AvgIpc) is 3.12. The number of piperidine rings is 1. The van der Waals surface area contributed by atoms with Crippen molar-refractivity contribution in [3.8, 4) is 0 Å². The van der Waals surface area contributed by atoms with E-state index in [0.717, 1.165) is 19.3 Å². The summed E-state index contributed by atoms with van der Waals surface area (Å²) in [5, 5.41) is 11.1. The van der Waals surface area contributed by atoms with E-state index in [4.69, 9.17) is 4.74 Å². The molecule has 0 aromatic heterocycles. The number of hydrogen-bond acceptors (Lipinski definition) is 6. The number of sulfonamides is 1. The second-order valence-electron chi connectivity index (χ2n) is 8.50. The van der Waals surface area contributed by atoms with Crippen molar-refractivity contribution in [1.82, 2.24) is 9.21 Å². The molecule has 0 aliphatic carbocycles. The van der Waals surface area contributed by atoms with Crippen LogP contribution < -0.4 is 0 Å². The van der Waals surface area contributed by atoms with Crippen molar-refractivity contribution in [1.29, 1.82) is 0 Å². The highest BCUT2D eigenvalue weighted by atomic mass is 32.2. The summed E-state index contributed by atoms with van der Waals surface area (Å²) in [6, 6.07) is 10.1. The number of halogens is 1. The van der Waals surface area contributed by atoms with Gasteiger partial charge in [-0.2, -0.15) is 4.31 Å². The first-order chi connectivity index (χ1) is 16.8. The normalized spacial score (nSPS) is 21.0. The SMILES string of the molecule is COCCN1C(=O)C(=O)C(=C(O)c2ccc(S(=O)(=O)N3CCCCC3)cc2)[C@H]1c1ccccc1F. The molecule has 0 bridgehead atoms. The summed E-state index contributed by atoms with van der Waals surface area (Å²) in [6.45, 7) is 1.04. The van der Waals surface area contributed by atoms with E-state index in [9.17, 15) is 27.5 Å². The average molecular weight is 503 g/mol. The van der Waals surface area contributed by atoms with Gasteiger partial charge in [0.2, 0.25) is 10.0 Å². The van der Waals surface area contributed by atoms with Gasteiger partial charge in [0.1, 0.15) is 11.6 Å². The maximum atomic E-state index is 14.7. The van der Waals surface area contributed by atoms with Crippen molar-refractivity contribution < 1.29 is 32.2 Å². The lowest BCUT2D eigenvalue weighted by atomic mass is 9.95. The number of Topliss-reactive ketones (excluding diaryl/α,β-unsaturated/α-hetero) is 1. The second-order valence-corrected chi connectivity index (χ2v) is 10.4. The van der Waals surface area contributed by atoms with Crippen LogP contribution in [-0.4, -0.2) is 67.8 Å². The first-order valence-electron chi connectivity index (χ1n) is 11.4. The van der Waals surface area contributed by atoms with Crippen LogP contribution in [0.2, 0.25) is 0 Å². The van der Waals surface area contributed by atoms with Crippen LogP contribution in [0.15, 0.2) is 59.0 Å². The molecule has 0 spiro atoms. The van der Waals surface area contributed by atoms with Crippen molar-refractivity contribution in [3.63, 3.8) is 0 Å². The Morgan fingerprint density at radius 2 is 1.71 bits per heavy atom. The van der Waals surface area contributed by atoms with Gasteiger partial charge in [-0.15, -0.1) is 0 Å². The van der Waals surface area contributed by atoms with Crippen molar-refractivity contribution in [3.05, 3.63) is 71.0 Å². The predicted octanol–water partition coefficient (Wildman–Crippen LogP) is 3.07. The zero-order valence-corrected chi connectivity index (χ0v) is 20.1. The van der Waals surface area contributed by atoms with Gasteiger partial charge in [-0.25, -0.2) is 12.8 Å². The smallest absolute Gasteiger partial charge is 0.295 e. The fourth-order valence-electron chi connectivity index (χ4n) is 4.52. The van der Waals surface area contributed by atoms with Gasteiger partial charge in [-0.1, -0.05) is 24.6 Å². The van der Waals surface area contributed by atoms with Gasteiger partial charge >= 0.3 is 0 Å². The summed E-state index contributed by atoms with van der Waals surface area (Å²) in [5.74, 6) is -2.95. The molecule has 1 atom stereocenters. The highest BCUT2D eigenvalue weighted by Crippen LogP contribution is 2.40. The number of amides is 1. The molecule has 2 aromatic rings. The molecule has 8 nitrogen and oxygen atoms in total. The third-order valence-electron chi connectivity index (χ3n) is 6.36. The van der Waals surface area contributed by atoms with Crippen LogP contribution >= 0.6 is 0 Å². The second kappa shape index (κ2) is 10.3. The highest BCUT2D eigenvalue weighted by molar-refractivity contribution is 7.89. The van der Waals surface area contributed by atoms with Gasteiger partial charge in [0, 0.05) is 37.9 Å². The van der Waals surface area contributed by atoms with E-state index in [0.29, 0.717) is 13.1 Å². The summed E-state index contributed by atoms with van der Waals surface area (Å²) >= 11 is 0. The quantitative estimate of drug-likeness (QED) is 0.355. The Hall–Kier alpha value is -3.08. The molecule has 1 N–H and O–H groups in total. The van der Waals surface area contributed by atoms with Crippen LogP contribution in [0.3, 0.4) is 0 Å². The van der Waals surface area contributed by atoms with Crippen LogP contribution in [0.5, 0.6) is 0 Å². The van der Waals surface area contributed by atoms with Gasteiger partial charge in [-0.05, 0) is 43.2 Å². The van der Waals surface area contributed by atoms with E-state index in [-0.39, 0.29) is 34.7 Å². The van der Waals surface area contributed by atoms with Crippen molar-refractivity contribution in [2.75, 3.05) is 33.4 Å². The maximum absolute atomic E-state index is 14.7. The van der Waals surface area contributed by atoms with Gasteiger partial charge in [0.15, 0.2) is 0 Å². The number of likely N-dealkylation sites (tertiary alicyclic amines) is 1. The molecule has 35 heavy (non-hydrogen) atoms. The summed E-state index contributed by atoms with van der Waals surface area (Å²) in [7, 11) is -2.24. The molecule has 0 unspecified atom stereocenters. The van der Waals surface area contributed by atoms with E-state index in [1.807, 2.05) is 0 Å². The van der Waals surface area contributed by atoms with E-state index >= 15 is 0 Å². The topological polar surface area (TPSA) is 104 Å². The zero-order chi connectivity index (χ0) is 25.2. The number of benzene rings is 2. The standard InChI is InChI=1S/C25H27FN2O6S/c1-34-16-15-28-22(19-7-3-4-8-20(19)26)21(24(30)25(28)31)23(29)17-9-11-18(12-10-17)35(32,33)27-13-5-2-6-14-27/h3-4,7-12,22,29H,2,5-6,13-16H2,1H3/t22-/m1/s1. The van der Waals surface area contributed by atoms with Crippen LogP contribution in [-0.2, 0) is 24.3 Å². The molecule has 2 heterocycles. The summed E-state index contributed by atoms with van der Waals surface area (Å²) < 4.78 is 47.1. The van der Waals surface area contributed by atoms with Gasteiger partial charge < -0.3 is 14.7 Å². The molecule has 1 amide bonds. The summed E-state index contributed by atoms with van der Waals surface area (Å²) in [5.41, 5.74) is -0.0508. The minimum atomic E-state index is -3.68. The third-order valence-corrected chi connectivity index (χ3v) is 8.27. The molecule has 4 rings (SSSR count). The Labute approximate surface area is 203 Å². The van der Waals surface area contributed by atoms with Crippen LogP contribution in [0, 0.1) is 5.82 Å². The number of aliphatic hydroxyl groups excluding tert-OH is 1. The van der Waals surface area contributed by atoms with Crippen molar-refractivity contribution in [2.24, 2.45) is 0 Å². The molecule has 2 saturated heterocycles. The number of ketones is 1. The largest absolute Gasteiger partial charge is 0.507 e. The molecule has 2 fully saturated rings. The Morgan fingerprint density at radius 1 is 1.06 bits per heavy atom. The van der Waals surface area contributed by atoms with E-state index < -0.39 is 39.3 Å². The summed E-state index contributed by atoms with van der Waals surface area (Å²) in [6.07, 6.45) is 2.60. The number of carbonyl (C=O) groups excluding carboxylic acids is 2. The Kier molecular flexibility index (Phi) is 7.34. The maximum Gasteiger partial charge on any atom is 0.295 e. The number of nitrogens with zero attached hydrogens (tertiary/aromatic N) is 2. The number of carbonyl (C=O) groups is 2. The lowest BCUT2D eigenvalue weighted by Crippen LogP contribution is -2.35. The van der Waals surface area contributed by atoms with Crippen LogP contribution in [0.1, 0.15) is 36.4 Å². The zero-order valence-electron chi connectivity index (χ0n) is 19.3. The first kappa shape index (κ1) is 25.0. The Balaban J connectivity index is 1.75. The fourth-order valence-corrected chi connectivity index (χ4v) is 6.03. The third kappa shape index (κ3) is 4.73. The van der Waals surface area contributed by atoms with E-state index in [1.54, 1.807) is 6.07 Å². The molecule has 0 saturated carbocycles. The van der Waals surface area contributed by atoms with E-state index in [2.05, 4.69) is 0 Å². The van der Waals surface area contributed by atoms with Crippen molar-refractivity contribution >= 4 is 27.5 Å². The summed E-state index contributed by atoms with van der Waals surface area (Å²) in [4.78, 5) is 27.0. The highest BCUT2D eigenvalue weighted by Gasteiger charge is 2.46. The van der Waals surface area contributed by atoms with Gasteiger partial charge in [0.25, 0.3) is 11.7 Å². The fraction of sp³-hybridized carbons (Fsp3) is 0.360. The molecule has 10 heteroatoms. The molecule has 2 aliphatic heterocycles. The lowest BCUT2D eigenvalue weighted by molar-refractivity contribution is -0.140. The number of rotatable bonds is 7. The number of ether oxygens (including phenoxy) is 1. The molecular formula is C25H27FN2O6S. The number of methoxy groups -OCH3 is 1. The van der Waals surface area contributed by atoms with Crippen LogP contribution in [0.4, 0.5) is 4.39 Å².